The largest absolute Gasteiger partial charge is 0.481 e. The molecule has 30 heavy (non-hydrogen) atoms. The minimum absolute atomic E-state index is 0.0545. The lowest BCUT2D eigenvalue weighted by Crippen LogP contribution is -2.39. The molecule has 1 aliphatic rings. The molecular weight excluding hydrogens is 388 g/mol. The molecule has 0 unspecified atom stereocenters. The van der Waals surface area contributed by atoms with Crippen molar-refractivity contribution >= 4 is 18.0 Å². The SMILES string of the molecule is C[C@H](CC(=O)O)OCNC(=O)CNC(=O)OCC1c2ccccc2-c2ccccc21. The predicted octanol–water partition coefficient (Wildman–Crippen LogP) is 2.48. The lowest BCUT2D eigenvalue weighted by molar-refractivity contribution is -0.140. The minimum atomic E-state index is -0.981. The molecule has 0 spiro atoms. The summed E-state index contributed by atoms with van der Waals surface area (Å²) >= 11 is 0. The molecule has 3 N–H and O–H groups in total. The number of alkyl carbamates (subject to hydrolysis) is 1. The van der Waals surface area contributed by atoms with E-state index < -0.39 is 24.1 Å². The zero-order valence-electron chi connectivity index (χ0n) is 16.6. The van der Waals surface area contributed by atoms with E-state index in [1.807, 2.05) is 36.4 Å². The van der Waals surface area contributed by atoms with Gasteiger partial charge in [-0.05, 0) is 29.2 Å². The van der Waals surface area contributed by atoms with Crippen molar-refractivity contribution in [1.29, 1.82) is 0 Å². The van der Waals surface area contributed by atoms with Crippen LogP contribution in [0, 0.1) is 0 Å². The molecule has 158 valence electrons. The number of hydrogen-bond donors (Lipinski definition) is 3. The third kappa shape index (κ3) is 5.36. The number of carbonyl (C=O) groups is 3. The van der Waals surface area contributed by atoms with Crippen LogP contribution in [0.5, 0.6) is 0 Å². The van der Waals surface area contributed by atoms with Crippen molar-refractivity contribution in [3.05, 3.63) is 59.7 Å². The number of carboxylic acids is 1. The summed E-state index contributed by atoms with van der Waals surface area (Å²) in [5, 5.41) is 13.5. The minimum Gasteiger partial charge on any atom is -0.481 e. The van der Waals surface area contributed by atoms with Crippen LogP contribution in [0.4, 0.5) is 4.79 Å². The van der Waals surface area contributed by atoms with Crippen LogP contribution in [0.15, 0.2) is 48.5 Å². The Morgan fingerprint density at radius 3 is 2.20 bits per heavy atom. The molecule has 0 fully saturated rings. The Bertz CT molecular complexity index is 884. The summed E-state index contributed by atoms with van der Waals surface area (Å²) in [5.74, 6) is -1.50. The van der Waals surface area contributed by atoms with Gasteiger partial charge in [0, 0.05) is 5.92 Å². The van der Waals surface area contributed by atoms with E-state index in [9.17, 15) is 14.4 Å². The van der Waals surface area contributed by atoms with Gasteiger partial charge < -0.3 is 25.2 Å². The summed E-state index contributed by atoms with van der Waals surface area (Å²) < 4.78 is 10.5. The second-order valence-corrected chi connectivity index (χ2v) is 7.00. The van der Waals surface area contributed by atoms with Gasteiger partial charge in [-0.1, -0.05) is 48.5 Å². The van der Waals surface area contributed by atoms with Crippen molar-refractivity contribution in [3.8, 4) is 11.1 Å². The van der Waals surface area contributed by atoms with Gasteiger partial charge >= 0.3 is 12.1 Å². The van der Waals surface area contributed by atoms with E-state index in [1.165, 1.54) is 0 Å². The molecule has 0 heterocycles. The standard InChI is InChI=1S/C22H24N2O6/c1-14(10-21(26)27)30-13-24-20(25)11-23-22(28)29-12-19-17-8-4-2-6-15(17)16-7-3-5-9-18(16)19/h2-9,14,19H,10-13H2,1H3,(H,23,28)(H,24,25)(H,26,27)/t14-/m1/s1. The van der Waals surface area contributed by atoms with E-state index in [0.29, 0.717) is 0 Å². The first-order valence-electron chi connectivity index (χ1n) is 9.64. The average molecular weight is 412 g/mol. The highest BCUT2D eigenvalue weighted by molar-refractivity contribution is 5.82. The monoisotopic (exact) mass is 412 g/mol. The van der Waals surface area contributed by atoms with Gasteiger partial charge in [-0.3, -0.25) is 9.59 Å². The maximum absolute atomic E-state index is 12.0. The molecule has 1 atom stereocenters. The van der Waals surface area contributed by atoms with E-state index in [0.717, 1.165) is 22.3 Å². The average Bonchev–Trinajstić information content (AvgIpc) is 3.04. The molecule has 2 aromatic carbocycles. The Labute approximate surface area is 174 Å². The number of rotatable bonds is 9. The Balaban J connectivity index is 1.43. The lowest BCUT2D eigenvalue weighted by atomic mass is 9.98. The van der Waals surface area contributed by atoms with Crippen LogP contribution < -0.4 is 10.6 Å². The Morgan fingerprint density at radius 2 is 1.60 bits per heavy atom. The first kappa shape index (κ1) is 21.3. The molecule has 8 nitrogen and oxygen atoms in total. The van der Waals surface area contributed by atoms with Gasteiger partial charge in [0.15, 0.2) is 0 Å². The van der Waals surface area contributed by atoms with Crippen LogP contribution in [0.3, 0.4) is 0 Å². The van der Waals surface area contributed by atoms with Crippen molar-refractivity contribution < 1.29 is 29.0 Å². The van der Waals surface area contributed by atoms with Gasteiger partial charge in [-0.2, -0.15) is 0 Å². The zero-order chi connectivity index (χ0) is 21.5. The summed E-state index contributed by atoms with van der Waals surface area (Å²) in [7, 11) is 0. The van der Waals surface area contributed by atoms with Crippen molar-refractivity contribution in [2.45, 2.75) is 25.4 Å². The summed E-state index contributed by atoms with van der Waals surface area (Å²) in [4.78, 5) is 34.3. The van der Waals surface area contributed by atoms with Gasteiger partial charge in [-0.15, -0.1) is 0 Å². The number of nitrogens with one attached hydrogen (secondary N) is 2. The molecule has 0 aliphatic heterocycles. The van der Waals surface area contributed by atoms with Gasteiger partial charge in [0.1, 0.15) is 19.9 Å². The van der Waals surface area contributed by atoms with E-state index in [-0.39, 0.29) is 32.2 Å². The second kappa shape index (κ2) is 9.89. The zero-order valence-corrected chi connectivity index (χ0v) is 16.6. The molecule has 0 radical (unpaired) electrons. The number of fused-ring (bicyclic) bond motifs is 3. The normalized spacial score (nSPS) is 13.1. The molecule has 0 saturated carbocycles. The van der Waals surface area contributed by atoms with Gasteiger partial charge in [0.25, 0.3) is 0 Å². The Morgan fingerprint density at radius 1 is 1.00 bits per heavy atom. The number of carbonyl (C=O) groups excluding carboxylic acids is 2. The van der Waals surface area contributed by atoms with Crippen LogP contribution in [-0.4, -0.2) is 49.1 Å². The number of amides is 2. The van der Waals surface area contributed by atoms with Crippen molar-refractivity contribution in [3.63, 3.8) is 0 Å². The molecule has 0 bridgehead atoms. The van der Waals surface area contributed by atoms with E-state index >= 15 is 0 Å². The predicted molar refractivity (Wildman–Crippen MR) is 109 cm³/mol. The number of hydrogen-bond acceptors (Lipinski definition) is 5. The quantitative estimate of drug-likeness (QED) is 0.545. The number of ether oxygens (including phenoxy) is 2. The number of benzene rings is 2. The van der Waals surface area contributed by atoms with Gasteiger partial charge in [0.2, 0.25) is 5.91 Å². The highest BCUT2D eigenvalue weighted by Crippen LogP contribution is 2.44. The van der Waals surface area contributed by atoms with Crippen molar-refractivity contribution in [1.82, 2.24) is 10.6 Å². The topological polar surface area (TPSA) is 114 Å². The molecule has 8 heteroatoms. The molecule has 3 rings (SSSR count). The highest BCUT2D eigenvalue weighted by atomic mass is 16.5. The van der Waals surface area contributed by atoms with Crippen molar-refractivity contribution in [2.75, 3.05) is 19.9 Å². The Hall–Kier alpha value is -3.39. The number of carboxylic acid groups (broad SMARTS) is 1. The summed E-state index contributed by atoms with van der Waals surface area (Å²) in [6, 6.07) is 16.0. The molecule has 0 aromatic heterocycles. The van der Waals surface area contributed by atoms with E-state index in [4.69, 9.17) is 14.6 Å². The molecule has 0 saturated heterocycles. The fourth-order valence-electron chi connectivity index (χ4n) is 3.43. The number of aliphatic carboxylic acids is 1. The third-order valence-electron chi connectivity index (χ3n) is 4.84. The van der Waals surface area contributed by atoms with Crippen LogP contribution in [0.1, 0.15) is 30.4 Å². The highest BCUT2D eigenvalue weighted by Gasteiger charge is 2.29. The van der Waals surface area contributed by atoms with Gasteiger partial charge in [-0.25, -0.2) is 4.79 Å². The first-order valence-corrected chi connectivity index (χ1v) is 9.64. The fraction of sp³-hybridized carbons (Fsp3) is 0.318. The smallest absolute Gasteiger partial charge is 0.407 e. The molecule has 2 aromatic rings. The summed E-state index contributed by atoms with van der Waals surface area (Å²) in [6.45, 7) is 1.35. The summed E-state index contributed by atoms with van der Waals surface area (Å²) in [6.07, 6.45) is -1.38. The van der Waals surface area contributed by atoms with E-state index in [1.54, 1.807) is 6.92 Å². The lowest BCUT2D eigenvalue weighted by Gasteiger charge is -2.15. The van der Waals surface area contributed by atoms with E-state index in [2.05, 4.69) is 22.8 Å². The first-order chi connectivity index (χ1) is 14.5. The maximum Gasteiger partial charge on any atom is 0.407 e. The van der Waals surface area contributed by atoms with Crippen LogP contribution in [-0.2, 0) is 19.1 Å². The molecule has 1 aliphatic carbocycles. The molecular formula is C22H24N2O6. The van der Waals surface area contributed by atoms with Crippen LogP contribution in [0.25, 0.3) is 11.1 Å². The maximum atomic E-state index is 12.0. The van der Waals surface area contributed by atoms with Gasteiger partial charge in [0.05, 0.1) is 12.5 Å². The third-order valence-corrected chi connectivity index (χ3v) is 4.84. The molecule has 2 amide bonds. The van der Waals surface area contributed by atoms with Crippen molar-refractivity contribution in [2.24, 2.45) is 0 Å². The Kier molecular flexibility index (Phi) is 7.03. The van der Waals surface area contributed by atoms with Crippen LogP contribution in [0.2, 0.25) is 0 Å². The summed E-state index contributed by atoms with van der Waals surface area (Å²) in [5.41, 5.74) is 4.49. The second-order valence-electron chi connectivity index (χ2n) is 7.00. The fourth-order valence-corrected chi connectivity index (χ4v) is 3.43. The van der Waals surface area contributed by atoms with Crippen LogP contribution >= 0.6 is 0 Å².